The summed E-state index contributed by atoms with van der Waals surface area (Å²) in [5, 5.41) is 22.9. The molecule has 3 aromatic heterocycles. The number of aliphatic hydroxyl groups excluding tert-OH is 1. The van der Waals surface area contributed by atoms with Crippen molar-refractivity contribution in [2.75, 3.05) is 18.1 Å². The lowest BCUT2D eigenvalue weighted by molar-refractivity contribution is -0.125. The molecule has 3 aliphatic rings. The second kappa shape index (κ2) is 8.87. The van der Waals surface area contributed by atoms with E-state index >= 15 is 0 Å². The first kappa shape index (κ1) is 23.5. The lowest BCUT2D eigenvalue weighted by Gasteiger charge is -2.49. The minimum Gasteiger partial charge on any atom is -0.387 e. The summed E-state index contributed by atoms with van der Waals surface area (Å²) in [6.07, 6.45) is 9.75. The van der Waals surface area contributed by atoms with Crippen LogP contribution in [0.3, 0.4) is 0 Å². The molecule has 4 heterocycles. The molecule has 2 aliphatic carbocycles. The van der Waals surface area contributed by atoms with Gasteiger partial charge in [0.1, 0.15) is 6.61 Å². The van der Waals surface area contributed by atoms with Gasteiger partial charge in [0.15, 0.2) is 5.65 Å². The maximum Gasteiger partial charge on any atom is 0.245 e. The van der Waals surface area contributed by atoms with Crippen LogP contribution in [0.5, 0.6) is 0 Å². The summed E-state index contributed by atoms with van der Waals surface area (Å²) in [6, 6.07) is 2.39. The van der Waals surface area contributed by atoms with Crippen LogP contribution in [0, 0.1) is 25.2 Å². The molecule has 3 unspecified atom stereocenters. The van der Waals surface area contributed by atoms with Crippen LogP contribution >= 0.6 is 0 Å². The molecular formula is C27H37N7O2. The molecule has 0 aromatic carbocycles. The van der Waals surface area contributed by atoms with Crippen LogP contribution in [0.25, 0.3) is 11.0 Å². The highest BCUT2D eigenvalue weighted by Crippen LogP contribution is 2.50. The van der Waals surface area contributed by atoms with Crippen molar-refractivity contribution in [3.63, 3.8) is 0 Å². The Hall–Kier alpha value is -2.94. The first-order valence-corrected chi connectivity index (χ1v) is 13.4. The molecule has 192 valence electrons. The summed E-state index contributed by atoms with van der Waals surface area (Å²) in [6.45, 7) is 6.57. The maximum atomic E-state index is 11.8. The number of nitrogens with zero attached hydrogens (tertiary/aromatic N) is 6. The van der Waals surface area contributed by atoms with Crippen molar-refractivity contribution < 1.29 is 9.90 Å². The molecule has 1 aliphatic heterocycles. The Morgan fingerprint density at radius 1 is 1.28 bits per heavy atom. The van der Waals surface area contributed by atoms with Gasteiger partial charge in [0.25, 0.3) is 0 Å². The van der Waals surface area contributed by atoms with Crippen molar-refractivity contribution in [3.8, 4) is 0 Å². The van der Waals surface area contributed by atoms with Crippen LogP contribution < -0.4 is 10.2 Å². The lowest BCUT2D eigenvalue weighted by atomic mass is 9.60. The van der Waals surface area contributed by atoms with Crippen LogP contribution in [0.15, 0.2) is 12.3 Å². The average molecular weight is 492 g/mol. The van der Waals surface area contributed by atoms with Crippen molar-refractivity contribution in [2.45, 2.75) is 77.9 Å². The molecule has 3 aromatic rings. The van der Waals surface area contributed by atoms with E-state index in [0.717, 1.165) is 74.2 Å². The Balaban J connectivity index is 1.23. The number of rotatable bonds is 5. The third-order valence-electron chi connectivity index (χ3n) is 8.99. The first-order chi connectivity index (χ1) is 17.4. The Morgan fingerprint density at radius 3 is 2.97 bits per heavy atom. The van der Waals surface area contributed by atoms with Crippen molar-refractivity contribution in [2.24, 2.45) is 18.4 Å². The maximum absolute atomic E-state index is 11.8. The molecular weight excluding hydrogens is 454 g/mol. The summed E-state index contributed by atoms with van der Waals surface area (Å²) in [5.41, 5.74) is 7.30. The van der Waals surface area contributed by atoms with Crippen LogP contribution in [-0.4, -0.2) is 54.8 Å². The van der Waals surface area contributed by atoms with E-state index in [0.29, 0.717) is 5.92 Å². The Morgan fingerprint density at radius 2 is 2.14 bits per heavy atom. The molecule has 2 saturated carbocycles. The molecule has 2 fully saturated rings. The summed E-state index contributed by atoms with van der Waals surface area (Å²) in [7, 11) is 1.95. The van der Waals surface area contributed by atoms with E-state index in [2.05, 4.69) is 39.9 Å². The van der Waals surface area contributed by atoms with Gasteiger partial charge in [-0.25, -0.2) is 4.98 Å². The standard InChI is InChI=1S/C27H37N7O2/c1-17-11-24(20-13-28-32(3)26(20)29-17)33-10-7-23-21(14-33)18(2)31-34(23)16-27-8-4-5-19(12-27)22(6-9-27)30-25(36)15-35/h11,13,19,22,35H,4-10,12,14-16H2,1-3H3,(H,30,36). The number of carbonyl (C=O) groups excluding carboxylic acids is 1. The van der Waals surface area contributed by atoms with Gasteiger partial charge in [-0.15, -0.1) is 0 Å². The van der Waals surface area contributed by atoms with Gasteiger partial charge in [-0.2, -0.15) is 10.2 Å². The molecule has 0 radical (unpaired) electrons. The lowest BCUT2D eigenvalue weighted by Crippen LogP contribution is -2.50. The summed E-state index contributed by atoms with van der Waals surface area (Å²) in [5.74, 6) is 0.259. The van der Waals surface area contributed by atoms with Gasteiger partial charge >= 0.3 is 0 Å². The minimum atomic E-state index is -0.421. The number of aliphatic hydroxyl groups is 1. The van der Waals surface area contributed by atoms with Gasteiger partial charge in [-0.05, 0) is 63.4 Å². The Labute approximate surface area is 211 Å². The predicted octanol–water partition coefficient (Wildman–Crippen LogP) is 2.79. The van der Waals surface area contributed by atoms with E-state index in [1.807, 2.05) is 17.9 Å². The third-order valence-corrected chi connectivity index (χ3v) is 8.99. The molecule has 0 spiro atoms. The number of aryl methyl sites for hydroxylation is 3. The van der Waals surface area contributed by atoms with Gasteiger partial charge in [-0.3, -0.25) is 14.2 Å². The van der Waals surface area contributed by atoms with Crippen LogP contribution in [-0.2, 0) is 31.4 Å². The zero-order chi connectivity index (χ0) is 25.0. The number of aromatic nitrogens is 5. The van der Waals surface area contributed by atoms with Crippen LogP contribution in [0.1, 0.15) is 61.2 Å². The predicted molar refractivity (Wildman–Crippen MR) is 138 cm³/mol. The molecule has 2 bridgehead atoms. The zero-order valence-electron chi connectivity index (χ0n) is 21.6. The molecule has 2 N–H and O–H groups in total. The number of anilines is 1. The highest BCUT2D eigenvalue weighted by Gasteiger charge is 2.44. The Bertz CT molecular complexity index is 1310. The topological polar surface area (TPSA) is 101 Å². The fourth-order valence-corrected chi connectivity index (χ4v) is 7.23. The number of hydrogen-bond acceptors (Lipinski definition) is 6. The fraction of sp³-hybridized carbons (Fsp3) is 0.630. The monoisotopic (exact) mass is 491 g/mol. The number of hydrogen-bond donors (Lipinski definition) is 2. The van der Waals surface area contributed by atoms with E-state index in [9.17, 15) is 9.90 Å². The Kier molecular flexibility index (Phi) is 5.78. The highest BCUT2D eigenvalue weighted by atomic mass is 16.3. The van der Waals surface area contributed by atoms with Crippen molar-refractivity contribution >= 4 is 22.6 Å². The van der Waals surface area contributed by atoms with Crippen LogP contribution in [0.2, 0.25) is 0 Å². The van der Waals surface area contributed by atoms with Gasteiger partial charge in [-0.1, -0.05) is 6.42 Å². The molecule has 9 nitrogen and oxygen atoms in total. The SMILES string of the molecule is Cc1cc(N2CCc3c(c(C)nn3CC34CCCC(C3)C(NC(=O)CO)CC4)C2)c2cnn(C)c2n1. The van der Waals surface area contributed by atoms with E-state index in [1.54, 1.807) is 0 Å². The second-order valence-electron chi connectivity index (χ2n) is 11.4. The molecule has 36 heavy (non-hydrogen) atoms. The minimum absolute atomic E-state index is 0.202. The third kappa shape index (κ3) is 3.97. The number of amides is 1. The van der Waals surface area contributed by atoms with Gasteiger partial charge in [0.05, 0.1) is 23.0 Å². The van der Waals surface area contributed by atoms with E-state index in [4.69, 9.17) is 10.1 Å². The molecule has 0 saturated heterocycles. The number of nitrogens with one attached hydrogen (secondary N) is 1. The van der Waals surface area contributed by atoms with Gasteiger partial charge in [0, 0.05) is 56.1 Å². The van der Waals surface area contributed by atoms with Crippen molar-refractivity contribution in [1.82, 2.24) is 29.9 Å². The summed E-state index contributed by atoms with van der Waals surface area (Å²) < 4.78 is 4.18. The van der Waals surface area contributed by atoms with Crippen molar-refractivity contribution in [1.29, 1.82) is 0 Å². The zero-order valence-corrected chi connectivity index (χ0v) is 21.6. The molecule has 1 amide bonds. The molecule has 3 atom stereocenters. The number of carbonyl (C=O) groups is 1. The van der Waals surface area contributed by atoms with E-state index < -0.39 is 6.61 Å². The summed E-state index contributed by atoms with van der Waals surface area (Å²) >= 11 is 0. The summed E-state index contributed by atoms with van der Waals surface area (Å²) in [4.78, 5) is 19.0. The largest absolute Gasteiger partial charge is 0.387 e. The second-order valence-corrected chi connectivity index (χ2v) is 11.4. The average Bonchev–Trinajstić information content (AvgIpc) is 3.39. The number of pyridine rings is 1. The van der Waals surface area contributed by atoms with E-state index in [-0.39, 0.29) is 17.4 Å². The van der Waals surface area contributed by atoms with Crippen LogP contribution in [0.4, 0.5) is 5.69 Å². The quantitative estimate of drug-likeness (QED) is 0.569. The normalized spacial score (nSPS) is 25.7. The molecule has 9 heteroatoms. The first-order valence-electron chi connectivity index (χ1n) is 13.4. The smallest absolute Gasteiger partial charge is 0.245 e. The highest BCUT2D eigenvalue weighted by molar-refractivity contribution is 5.89. The fourth-order valence-electron chi connectivity index (χ4n) is 7.23. The van der Waals surface area contributed by atoms with Crippen molar-refractivity contribution in [3.05, 3.63) is 34.9 Å². The van der Waals surface area contributed by atoms with Gasteiger partial charge in [0.2, 0.25) is 5.91 Å². The van der Waals surface area contributed by atoms with E-state index in [1.165, 1.54) is 29.8 Å². The van der Waals surface area contributed by atoms with Gasteiger partial charge < -0.3 is 15.3 Å². The number of fused-ring (bicyclic) bond motifs is 4. The molecule has 6 rings (SSSR count).